The van der Waals surface area contributed by atoms with Crippen molar-refractivity contribution in [3.05, 3.63) is 22.2 Å². The molecule has 4 N–H and O–H groups in total. The highest BCUT2D eigenvalue weighted by atomic mass is 16.6. The average molecular weight is 237 g/mol. The number of nitrogens with two attached hydrogens (primary N) is 1. The molecule has 1 aliphatic rings. The Kier molecular flexibility index (Phi) is 2.77. The van der Waals surface area contributed by atoms with Gasteiger partial charge in [-0.3, -0.25) is 14.9 Å². The Morgan fingerprint density at radius 1 is 1.59 bits per heavy atom. The number of nitrogens with one attached hydrogen (secondary N) is 2. The zero-order valence-electron chi connectivity index (χ0n) is 8.84. The van der Waals surface area contributed by atoms with Gasteiger partial charge in [0.15, 0.2) is 0 Å². The molecule has 1 aliphatic heterocycles. The summed E-state index contributed by atoms with van der Waals surface area (Å²) in [5.41, 5.74) is 5.33. The van der Waals surface area contributed by atoms with Gasteiger partial charge < -0.3 is 16.4 Å². The third kappa shape index (κ3) is 2.60. The van der Waals surface area contributed by atoms with Gasteiger partial charge in [0.05, 0.1) is 23.1 Å². The SMILES string of the molecule is Nc1cc([N+](=O)[O-])cc(NC2CNC(=O)C2)n1. The summed E-state index contributed by atoms with van der Waals surface area (Å²) >= 11 is 0. The summed E-state index contributed by atoms with van der Waals surface area (Å²) in [7, 11) is 0. The van der Waals surface area contributed by atoms with Crippen LogP contribution in [0.15, 0.2) is 12.1 Å². The van der Waals surface area contributed by atoms with E-state index < -0.39 is 4.92 Å². The van der Waals surface area contributed by atoms with Crippen LogP contribution in [0.1, 0.15) is 6.42 Å². The van der Waals surface area contributed by atoms with Crippen LogP contribution in [0.5, 0.6) is 0 Å². The van der Waals surface area contributed by atoms with Crippen molar-refractivity contribution >= 4 is 23.2 Å². The zero-order valence-corrected chi connectivity index (χ0v) is 8.84. The first kappa shape index (κ1) is 11.1. The number of nitro groups is 1. The van der Waals surface area contributed by atoms with Gasteiger partial charge in [-0.2, -0.15) is 0 Å². The molecule has 0 bridgehead atoms. The standard InChI is InChI=1S/C9H11N5O3/c10-7-2-6(14(16)17)3-8(13-7)12-5-1-9(15)11-4-5/h2-3,5H,1,4H2,(H,11,15)(H3,10,12,13). The molecule has 1 atom stereocenters. The quantitative estimate of drug-likeness (QED) is 0.497. The first-order valence-corrected chi connectivity index (χ1v) is 5.00. The summed E-state index contributed by atoms with van der Waals surface area (Å²) in [6.07, 6.45) is 0.324. The number of anilines is 2. The smallest absolute Gasteiger partial charge is 0.276 e. The van der Waals surface area contributed by atoms with E-state index in [4.69, 9.17) is 5.73 Å². The number of nitrogens with zero attached hydrogens (tertiary/aromatic N) is 2. The Bertz CT molecular complexity index is 476. The summed E-state index contributed by atoms with van der Waals surface area (Å²) in [5.74, 6) is 0.318. The van der Waals surface area contributed by atoms with Gasteiger partial charge in [0.25, 0.3) is 5.69 Å². The number of hydrogen-bond donors (Lipinski definition) is 3. The van der Waals surface area contributed by atoms with Crippen LogP contribution in [0.2, 0.25) is 0 Å². The number of aromatic nitrogens is 1. The minimum absolute atomic E-state index is 0.0547. The molecule has 17 heavy (non-hydrogen) atoms. The third-order valence-electron chi connectivity index (χ3n) is 2.37. The summed E-state index contributed by atoms with van der Waals surface area (Å²) < 4.78 is 0. The van der Waals surface area contributed by atoms with Crippen LogP contribution in [-0.2, 0) is 4.79 Å². The molecule has 8 heteroatoms. The molecule has 0 aliphatic carbocycles. The van der Waals surface area contributed by atoms with Crippen LogP contribution in [0, 0.1) is 10.1 Å². The number of carbonyl (C=O) groups is 1. The van der Waals surface area contributed by atoms with Crippen molar-refractivity contribution in [2.24, 2.45) is 0 Å². The normalized spacial score (nSPS) is 18.8. The Hall–Kier alpha value is -2.38. The van der Waals surface area contributed by atoms with Gasteiger partial charge in [-0.05, 0) is 0 Å². The minimum atomic E-state index is -0.540. The molecular formula is C9H11N5O3. The number of pyridine rings is 1. The predicted octanol–water partition coefficient (Wildman–Crippen LogP) is -0.128. The van der Waals surface area contributed by atoms with Crippen LogP contribution >= 0.6 is 0 Å². The zero-order chi connectivity index (χ0) is 12.4. The molecule has 2 rings (SSSR count). The second-order valence-corrected chi connectivity index (χ2v) is 3.74. The van der Waals surface area contributed by atoms with Gasteiger partial charge in [-0.1, -0.05) is 0 Å². The Labute approximate surface area is 96.4 Å². The van der Waals surface area contributed by atoms with Gasteiger partial charge in [0.1, 0.15) is 11.6 Å². The van der Waals surface area contributed by atoms with Crippen molar-refractivity contribution in [2.45, 2.75) is 12.5 Å². The van der Waals surface area contributed by atoms with Crippen molar-refractivity contribution < 1.29 is 9.72 Å². The third-order valence-corrected chi connectivity index (χ3v) is 2.37. The molecule has 90 valence electrons. The molecule has 0 aromatic carbocycles. The second-order valence-electron chi connectivity index (χ2n) is 3.74. The van der Waals surface area contributed by atoms with Gasteiger partial charge in [-0.25, -0.2) is 4.98 Å². The summed E-state index contributed by atoms with van der Waals surface area (Å²) in [4.78, 5) is 25.0. The molecule has 0 radical (unpaired) electrons. The van der Waals surface area contributed by atoms with Crippen LogP contribution in [0.25, 0.3) is 0 Å². The number of amides is 1. The van der Waals surface area contributed by atoms with E-state index in [9.17, 15) is 14.9 Å². The maximum atomic E-state index is 11.0. The highest BCUT2D eigenvalue weighted by Crippen LogP contribution is 2.20. The Morgan fingerprint density at radius 2 is 2.35 bits per heavy atom. The van der Waals surface area contributed by atoms with Crippen molar-refractivity contribution in [1.82, 2.24) is 10.3 Å². The van der Waals surface area contributed by atoms with Gasteiger partial charge in [0.2, 0.25) is 5.91 Å². The van der Waals surface area contributed by atoms with E-state index in [2.05, 4.69) is 15.6 Å². The van der Waals surface area contributed by atoms with E-state index in [1.165, 1.54) is 12.1 Å². The van der Waals surface area contributed by atoms with Crippen LogP contribution < -0.4 is 16.4 Å². The highest BCUT2D eigenvalue weighted by molar-refractivity contribution is 5.79. The van der Waals surface area contributed by atoms with Crippen molar-refractivity contribution in [1.29, 1.82) is 0 Å². The number of carbonyl (C=O) groups excluding carboxylic acids is 1. The van der Waals surface area contributed by atoms with Crippen molar-refractivity contribution in [2.75, 3.05) is 17.6 Å². The average Bonchev–Trinajstić information content (AvgIpc) is 2.63. The molecule has 0 saturated carbocycles. The molecule has 0 spiro atoms. The van der Waals surface area contributed by atoms with Gasteiger partial charge in [0, 0.05) is 13.0 Å². The topological polar surface area (TPSA) is 123 Å². The largest absolute Gasteiger partial charge is 0.383 e. The first-order chi connectivity index (χ1) is 8.04. The fourth-order valence-corrected chi connectivity index (χ4v) is 1.63. The number of hydrogen-bond acceptors (Lipinski definition) is 6. The monoisotopic (exact) mass is 237 g/mol. The van der Waals surface area contributed by atoms with Crippen molar-refractivity contribution in [3.8, 4) is 0 Å². The highest BCUT2D eigenvalue weighted by Gasteiger charge is 2.22. The molecular weight excluding hydrogens is 226 g/mol. The predicted molar refractivity (Wildman–Crippen MR) is 60.3 cm³/mol. The number of rotatable bonds is 3. The molecule has 1 amide bonds. The summed E-state index contributed by atoms with van der Waals surface area (Å²) in [5, 5.41) is 16.2. The fraction of sp³-hybridized carbons (Fsp3) is 0.333. The van der Waals surface area contributed by atoms with E-state index in [0.29, 0.717) is 18.8 Å². The van der Waals surface area contributed by atoms with Crippen LogP contribution in [-0.4, -0.2) is 28.4 Å². The molecule has 1 saturated heterocycles. The maximum absolute atomic E-state index is 11.0. The van der Waals surface area contributed by atoms with E-state index in [1.54, 1.807) is 0 Å². The van der Waals surface area contributed by atoms with E-state index in [1.807, 2.05) is 0 Å². The summed E-state index contributed by atoms with van der Waals surface area (Å²) in [6.45, 7) is 0.475. The van der Waals surface area contributed by atoms with E-state index in [-0.39, 0.29) is 23.5 Å². The van der Waals surface area contributed by atoms with E-state index in [0.717, 1.165) is 0 Å². The van der Waals surface area contributed by atoms with Gasteiger partial charge in [-0.15, -0.1) is 0 Å². The molecule has 1 aromatic heterocycles. The minimum Gasteiger partial charge on any atom is -0.383 e. The molecule has 2 heterocycles. The molecule has 8 nitrogen and oxygen atoms in total. The van der Waals surface area contributed by atoms with Crippen LogP contribution in [0.4, 0.5) is 17.3 Å². The van der Waals surface area contributed by atoms with E-state index >= 15 is 0 Å². The summed E-state index contributed by atoms with van der Waals surface area (Å²) in [6, 6.07) is 2.36. The molecule has 1 unspecified atom stereocenters. The Balaban J connectivity index is 2.15. The van der Waals surface area contributed by atoms with Crippen molar-refractivity contribution in [3.63, 3.8) is 0 Å². The second kappa shape index (κ2) is 4.24. The number of nitrogen functional groups attached to an aromatic ring is 1. The lowest BCUT2D eigenvalue weighted by Crippen LogP contribution is -2.23. The maximum Gasteiger partial charge on any atom is 0.276 e. The molecule has 1 fully saturated rings. The first-order valence-electron chi connectivity index (χ1n) is 5.00. The lowest BCUT2D eigenvalue weighted by atomic mass is 10.2. The fourth-order valence-electron chi connectivity index (χ4n) is 1.63. The Morgan fingerprint density at radius 3 is 2.94 bits per heavy atom. The van der Waals surface area contributed by atoms with Gasteiger partial charge >= 0.3 is 0 Å². The lowest BCUT2D eigenvalue weighted by Gasteiger charge is -2.10. The molecule has 1 aromatic rings. The lowest BCUT2D eigenvalue weighted by molar-refractivity contribution is -0.384. The van der Waals surface area contributed by atoms with Crippen LogP contribution in [0.3, 0.4) is 0 Å².